The van der Waals surface area contributed by atoms with Gasteiger partial charge in [-0.25, -0.2) is 9.78 Å². The predicted octanol–water partition coefficient (Wildman–Crippen LogP) is 3.79. The average Bonchev–Trinajstić information content (AvgIpc) is 2.73. The molecule has 0 radical (unpaired) electrons. The highest BCUT2D eigenvalue weighted by atomic mass is 19.1. The van der Waals surface area contributed by atoms with Crippen molar-refractivity contribution in [1.82, 2.24) is 4.98 Å². The Labute approximate surface area is 172 Å². The van der Waals surface area contributed by atoms with Crippen LogP contribution in [0.3, 0.4) is 0 Å². The van der Waals surface area contributed by atoms with Gasteiger partial charge >= 0.3 is 5.97 Å². The summed E-state index contributed by atoms with van der Waals surface area (Å²) in [6.07, 6.45) is 1.42. The van der Waals surface area contributed by atoms with Crippen LogP contribution in [0.4, 0.5) is 4.39 Å². The summed E-state index contributed by atoms with van der Waals surface area (Å²) < 4.78 is 30.6. The zero-order valence-corrected chi connectivity index (χ0v) is 16.1. The topological polar surface area (TPSA) is 77.9 Å². The first-order valence-electron chi connectivity index (χ1n) is 9.42. The third kappa shape index (κ3) is 4.32. The highest BCUT2D eigenvalue weighted by Crippen LogP contribution is 2.34. The lowest BCUT2D eigenvalue weighted by Gasteiger charge is -2.41. The van der Waals surface area contributed by atoms with E-state index < -0.39 is 17.5 Å². The smallest absolute Gasteiger partial charge is 0.329 e. The zero-order valence-electron chi connectivity index (χ0n) is 16.1. The Hall–Kier alpha value is -3.29. The van der Waals surface area contributed by atoms with E-state index in [1.807, 2.05) is 48.5 Å². The Morgan fingerprint density at radius 3 is 2.60 bits per heavy atom. The first-order valence-corrected chi connectivity index (χ1v) is 9.42. The van der Waals surface area contributed by atoms with Crippen molar-refractivity contribution in [2.24, 2.45) is 0 Å². The fraction of sp³-hybridized carbons (Fsp3) is 0.217. The van der Waals surface area contributed by atoms with Crippen molar-refractivity contribution in [3.05, 3.63) is 83.9 Å². The highest BCUT2D eigenvalue weighted by molar-refractivity contribution is 5.68. The first kappa shape index (κ1) is 20.0. The number of carboxylic acids is 1. The second-order valence-corrected chi connectivity index (χ2v) is 7.02. The molecule has 1 aromatic heterocycles. The van der Waals surface area contributed by atoms with Gasteiger partial charge < -0.3 is 19.3 Å². The SMILES string of the molecule is O=C(O)COC1(c2ccc(OCc3cccc(-c4cccnc4F)c3)cc2)COC1. The summed E-state index contributed by atoms with van der Waals surface area (Å²) in [5, 5.41) is 8.86. The summed E-state index contributed by atoms with van der Waals surface area (Å²) in [6.45, 7) is 0.574. The molecule has 0 aliphatic carbocycles. The van der Waals surface area contributed by atoms with Gasteiger partial charge in [-0.3, -0.25) is 0 Å². The van der Waals surface area contributed by atoms with E-state index in [0.29, 0.717) is 31.1 Å². The number of benzene rings is 2. The number of aliphatic carboxylic acids is 1. The molecule has 0 amide bonds. The molecule has 0 unspecified atom stereocenters. The van der Waals surface area contributed by atoms with Crippen LogP contribution in [-0.4, -0.2) is 35.9 Å². The van der Waals surface area contributed by atoms with Crippen molar-refractivity contribution in [1.29, 1.82) is 0 Å². The first-order chi connectivity index (χ1) is 14.6. The maximum absolute atomic E-state index is 13.9. The van der Waals surface area contributed by atoms with Gasteiger partial charge in [0.2, 0.25) is 5.95 Å². The molecular weight excluding hydrogens is 389 g/mol. The van der Waals surface area contributed by atoms with Crippen LogP contribution in [0.1, 0.15) is 11.1 Å². The van der Waals surface area contributed by atoms with Gasteiger partial charge in [0, 0.05) is 11.8 Å². The Balaban J connectivity index is 1.42. The summed E-state index contributed by atoms with van der Waals surface area (Å²) in [5.41, 5.74) is 2.20. The fourth-order valence-corrected chi connectivity index (χ4v) is 3.27. The number of carboxylic acid groups (broad SMARTS) is 1. The summed E-state index contributed by atoms with van der Waals surface area (Å²) >= 11 is 0. The van der Waals surface area contributed by atoms with Gasteiger partial charge in [0.1, 0.15) is 24.6 Å². The molecule has 154 valence electrons. The molecule has 0 spiro atoms. The number of hydrogen-bond donors (Lipinski definition) is 1. The van der Waals surface area contributed by atoms with Gasteiger partial charge in [0.15, 0.2) is 0 Å². The highest BCUT2D eigenvalue weighted by Gasteiger charge is 2.42. The van der Waals surface area contributed by atoms with E-state index in [1.165, 1.54) is 6.20 Å². The number of nitrogens with zero attached hydrogens (tertiary/aromatic N) is 1. The minimum Gasteiger partial charge on any atom is -0.489 e. The van der Waals surface area contributed by atoms with E-state index >= 15 is 0 Å². The normalized spacial score (nSPS) is 14.7. The third-order valence-corrected chi connectivity index (χ3v) is 4.93. The lowest BCUT2D eigenvalue weighted by molar-refractivity contribution is -0.220. The summed E-state index contributed by atoms with van der Waals surface area (Å²) in [5.74, 6) is -0.870. The van der Waals surface area contributed by atoms with E-state index in [2.05, 4.69) is 4.98 Å². The van der Waals surface area contributed by atoms with Crippen LogP contribution in [0.25, 0.3) is 11.1 Å². The molecule has 0 atom stereocenters. The molecule has 3 aromatic rings. The molecule has 7 heteroatoms. The second kappa shape index (κ2) is 8.61. The molecule has 6 nitrogen and oxygen atoms in total. The zero-order chi connectivity index (χ0) is 21.0. The van der Waals surface area contributed by atoms with E-state index in [-0.39, 0.29) is 6.61 Å². The summed E-state index contributed by atoms with van der Waals surface area (Å²) in [7, 11) is 0. The van der Waals surface area contributed by atoms with Crippen molar-refractivity contribution >= 4 is 5.97 Å². The van der Waals surface area contributed by atoms with E-state index in [1.54, 1.807) is 12.1 Å². The van der Waals surface area contributed by atoms with Crippen LogP contribution in [0.15, 0.2) is 66.9 Å². The number of pyridine rings is 1. The van der Waals surface area contributed by atoms with Crippen molar-refractivity contribution < 1.29 is 28.5 Å². The van der Waals surface area contributed by atoms with Gasteiger partial charge in [-0.05, 0) is 47.0 Å². The Morgan fingerprint density at radius 2 is 1.93 bits per heavy atom. The molecule has 0 saturated carbocycles. The Morgan fingerprint density at radius 1 is 1.13 bits per heavy atom. The number of ether oxygens (including phenoxy) is 3. The maximum atomic E-state index is 13.9. The molecule has 1 saturated heterocycles. The summed E-state index contributed by atoms with van der Waals surface area (Å²) in [6, 6.07) is 18.2. The van der Waals surface area contributed by atoms with Crippen LogP contribution < -0.4 is 4.74 Å². The van der Waals surface area contributed by atoms with Gasteiger partial charge in [0.25, 0.3) is 0 Å². The Bertz CT molecular complexity index is 1030. The van der Waals surface area contributed by atoms with Crippen LogP contribution in [0.5, 0.6) is 5.75 Å². The minimum absolute atomic E-state index is 0.318. The lowest BCUT2D eigenvalue weighted by atomic mass is 9.91. The fourth-order valence-electron chi connectivity index (χ4n) is 3.27. The van der Waals surface area contributed by atoms with Crippen molar-refractivity contribution in [3.63, 3.8) is 0 Å². The third-order valence-electron chi connectivity index (χ3n) is 4.93. The number of rotatable bonds is 8. The van der Waals surface area contributed by atoms with Crippen molar-refractivity contribution in [2.45, 2.75) is 12.2 Å². The van der Waals surface area contributed by atoms with E-state index in [4.69, 9.17) is 19.3 Å². The molecule has 4 rings (SSSR count). The molecule has 1 aliphatic rings. The standard InChI is InChI=1S/C23H20FNO5/c24-22-20(5-2-10-25-22)17-4-1-3-16(11-17)12-29-19-8-6-18(7-9-19)23(14-28-15-23)30-13-21(26)27/h1-11H,12-15H2,(H,26,27). The monoisotopic (exact) mass is 409 g/mol. The van der Waals surface area contributed by atoms with Crippen LogP contribution in [0.2, 0.25) is 0 Å². The molecule has 2 heterocycles. The molecule has 1 N–H and O–H groups in total. The number of halogens is 1. The molecule has 2 aromatic carbocycles. The predicted molar refractivity (Wildman–Crippen MR) is 106 cm³/mol. The summed E-state index contributed by atoms with van der Waals surface area (Å²) in [4.78, 5) is 14.5. The largest absolute Gasteiger partial charge is 0.489 e. The van der Waals surface area contributed by atoms with E-state index in [0.717, 1.165) is 16.7 Å². The minimum atomic E-state index is -1.02. The second-order valence-electron chi connectivity index (χ2n) is 7.02. The molecular formula is C23H20FNO5. The Kier molecular flexibility index (Phi) is 5.74. The molecule has 0 bridgehead atoms. The number of carbonyl (C=O) groups is 1. The molecule has 1 fully saturated rings. The molecule has 1 aliphatic heterocycles. The van der Waals surface area contributed by atoms with Gasteiger partial charge in [0.05, 0.1) is 13.2 Å². The van der Waals surface area contributed by atoms with Gasteiger partial charge in [-0.2, -0.15) is 4.39 Å². The van der Waals surface area contributed by atoms with Gasteiger partial charge in [-0.1, -0.05) is 30.3 Å². The van der Waals surface area contributed by atoms with Crippen molar-refractivity contribution in [3.8, 4) is 16.9 Å². The van der Waals surface area contributed by atoms with Crippen LogP contribution in [0, 0.1) is 5.95 Å². The lowest BCUT2D eigenvalue weighted by Crippen LogP contribution is -2.49. The van der Waals surface area contributed by atoms with E-state index in [9.17, 15) is 9.18 Å². The van der Waals surface area contributed by atoms with Gasteiger partial charge in [-0.15, -0.1) is 0 Å². The molecule has 30 heavy (non-hydrogen) atoms. The van der Waals surface area contributed by atoms with Crippen LogP contribution >= 0.6 is 0 Å². The average molecular weight is 409 g/mol. The number of aromatic nitrogens is 1. The van der Waals surface area contributed by atoms with Crippen molar-refractivity contribution in [2.75, 3.05) is 19.8 Å². The quantitative estimate of drug-likeness (QED) is 0.571. The maximum Gasteiger partial charge on any atom is 0.329 e. The van der Waals surface area contributed by atoms with Crippen LogP contribution in [-0.2, 0) is 26.5 Å². The number of hydrogen-bond acceptors (Lipinski definition) is 5.